The van der Waals surface area contributed by atoms with E-state index in [4.69, 9.17) is 14.2 Å². The van der Waals surface area contributed by atoms with E-state index in [2.05, 4.69) is 39.0 Å². The summed E-state index contributed by atoms with van der Waals surface area (Å²) < 4.78 is 17.2. The average molecular weight is 447 g/mol. The van der Waals surface area contributed by atoms with Gasteiger partial charge in [0.2, 0.25) is 0 Å². The topological polar surface area (TPSA) is 44.8 Å². The lowest BCUT2D eigenvalue weighted by Gasteiger charge is -2.36. The van der Waals surface area contributed by atoms with Gasteiger partial charge in [-0.2, -0.15) is 0 Å². The second-order valence-electron chi connectivity index (χ2n) is 10.4. The number of hydrogen-bond acceptors (Lipinski definition) is 4. The lowest BCUT2D eigenvalue weighted by atomic mass is 9.69. The highest BCUT2D eigenvalue weighted by atomic mass is 16.5. The second-order valence-corrected chi connectivity index (χ2v) is 10.4. The van der Waals surface area contributed by atoms with Crippen molar-refractivity contribution in [3.05, 3.63) is 64.2 Å². The van der Waals surface area contributed by atoms with Gasteiger partial charge in [-0.3, -0.25) is 4.79 Å². The van der Waals surface area contributed by atoms with Crippen LogP contribution in [-0.2, 0) is 16.0 Å². The van der Waals surface area contributed by atoms with Crippen molar-refractivity contribution in [1.29, 1.82) is 0 Å². The smallest absolute Gasteiger partial charge is 0.306 e. The fourth-order valence-electron chi connectivity index (χ4n) is 6.14. The molecule has 2 aromatic carbocycles. The molecule has 5 rings (SSSR count). The van der Waals surface area contributed by atoms with Gasteiger partial charge in [-0.05, 0) is 72.8 Å². The minimum Gasteiger partial charge on any atom is -0.492 e. The molecule has 0 N–H and O–H groups in total. The van der Waals surface area contributed by atoms with Gasteiger partial charge in [0.1, 0.15) is 17.6 Å². The van der Waals surface area contributed by atoms with Gasteiger partial charge >= 0.3 is 5.97 Å². The van der Waals surface area contributed by atoms with Crippen molar-refractivity contribution >= 4 is 11.5 Å². The normalized spacial score (nSPS) is 23.0. The second kappa shape index (κ2) is 8.55. The minimum atomic E-state index is -0.207. The molecule has 4 nitrogen and oxygen atoms in total. The summed E-state index contributed by atoms with van der Waals surface area (Å²) in [6.07, 6.45) is 6.16. The molecule has 1 heterocycles. The number of esters is 1. The predicted molar refractivity (Wildman–Crippen MR) is 130 cm³/mol. The number of methoxy groups -OCH3 is 1. The highest BCUT2D eigenvalue weighted by Gasteiger charge is 2.34. The van der Waals surface area contributed by atoms with Crippen LogP contribution in [0, 0.1) is 5.41 Å². The van der Waals surface area contributed by atoms with Crippen LogP contribution in [0.15, 0.2) is 42.0 Å². The van der Waals surface area contributed by atoms with Crippen molar-refractivity contribution in [3.63, 3.8) is 0 Å². The largest absolute Gasteiger partial charge is 0.492 e. The van der Waals surface area contributed by atoms with Crippen LogP contribution in [0.2, 0.25) is 0 Å². The molecule has 0 aromatic heterocycles. The summed E-state index contributed by atoms with van der Waals surface area (Å²) in [7, 11) is 1.42. The van der Waals surface area contributed by atoms with Crippen LogP contribution in [-0.4, -0.2) is 19.7 Å². The third-order valence-electron chi connectivity index (χ3n) is 7.73. The number of benzene rings is 2. The molecule has 0 unspecified atom stereocenters. The van der Waals surface area contributed by atoms with E-state index in [0.29, 0.717) is 13.0 Å². The van der Waals surface area contributed by atoms with E-state index in [-0.39, 0.29) is 23.4 Å². The quantitative estimate of drug-likeness (QED) is 0.475. The highest BCUT2D eigenvalue weighted by molar-refractivity contribution is 5.76. The van der Waals surface area contributed by atoms with E-state index in [9.17, 15) is 4.79 Å². The number of allylic oxidation sites excluding steroid dienone is 2. The molecule has 2 atom stereocenters. The fraction of sp³-hybridized carbons (Fsp3) is 0.483. The van der Waals surface area contributed by atoms with Crippen molar-refractivity contribution < 1.29 is 19.0 Å². The number of hydrogen-bond donors (Lipinski definition) is 0. The zero-order valence-electron chi connectivity index (χ0n) is 20.2. The Hall–Kier alpha value is -2.75. The Bertz CT molecular complexity index is 1110. The van der Waals surface area contributed by atoms with Gasteiger partial charge in [-0.15, -0.1) is 0 Å². The third kappa shape index (κ3) is 4.05. The molecule has 0 radical (unpaired) electrons. The van der Waals surface area contributed by atoms with Crippen LogP contribution in [0.3, 0.4) is 0 Å². The summed E-state index contributed by atoms with van der Waals surface area (Å²) in [6.45, 7) is 7.61. The van der Waals surface area contributed by atoms with Crippen molar-refractivity contribution in [2.24, 2.45) is 5.41 Å². The zero-order chi connectivity index (χ0) is 23.2. The number of carbonyl (C=O) groups is 1. The first-order valence-electron chi connectivity index (χ1n) is 12.2. The van der Waals surface area contributed by atoms with Gasteiger partial charge in [-0.1, -0.05) is 43.7 Å². The van der Waals surface area contributed by atoms with Gasteiger partial charge < -0.3 is 14.2 Å². The molecule has 0 amide bonds. The molecule has 0 spiro atoms. The van der Waals surface area contributed by atoms with Crippen LogP contribution in [0.4, 0.5) is 0 Å². The maximum atomic E-state index is 11.7. The molecule has 33 heavy (non-hydrogen) atoms. The van der Waals surface area contributed by atoms with Gasteiger partial charge in [0.25, 0.3) is 0 Å². The lowest BCUT2D eigenvalue weighted by Crippen LogP contribution is -2.20. The first-order chi connectivity index (χ1) is 15.9. The standard InChI is InChI=1S/C29H34O4/c1-18-7-6-14-29(2,3)28(18)24-9-5-8-23-22(24)12-13-25(23)33-20-10-11-21-19(15-27(30)31-4)17-32-26(21)16-20/h5,8-11,16,19,25H,6-7,12-15,17H2,1-4H3/t19-,25-/m1/s1. The summed E-state index contributed by atoms with van der Waals surface area (Å²) in [5.74, 6) is 1.48. The molecular weight excluding hydrogens is 412 g/mol. The van der Waals surface area contributed by atoms with E-state index >= 15 is 0 Å². The van der Waals surface area contributed by atoms with E-state index in [1.54, 1.807) is 11.1 Å². The molecule has 0 fully saturated rings. The van der Waals surface area contributed by atoms with Crippen LogP contribution in [0.1, 0.15) is 87.2 Å². The molecule has 2 aromatic rings. The summed E-state index contributed by atoms with van der Waals surface area (Å²) in [6, 6.07) is 12.8. The SMILES string of the molecule is COC(=O)C[C@@H]1COc2cc(O[C@@H]3CCc4c(C5=C(C)CCCC5(C)C)cccc43)ccc21. The molecule has 3 aliphatic rings. The zero-order valence-corrected chi connectivity index (χ0v) is 20.2. The molecule has 2 aliphatic carbocycles. The van der Waals surface area contributed by atoms with Crippen LogP contribution < -0.4 is 9.47 Å². The van der Waals surface area contributed by atoms with Crippen LogP contribution >= 0.6 is 0 Å². The molecule has 1 aliphatic heterocycles. The Morgan fingerprint density at radius 1 is 1.15 bits per heavy atom. The summed E-state index contributed by atoms with van der Waals surface area (Å²) >= 11 is 0. The molecule has 0 saturated carbocycles. The Morgan fingerprint density at radius 2 is 2.00 bits per heavy atom. The average Bonchev–Trinajstić information content (AvgIpc) is 3.37. The van der Waals surface area contributed by atoms with Gasteiger partial charge in [0.15, 0.2) is 0 Å². The van der Waals surface area contributed by atoms with Crippen molar-refractivity contribution in [2.75, 3.05) is 13.7 Å². The monoisotopic (exact) mass is 446 g/mol. The summed E-state index contributed by atoms with van der Waals surface area (Å²) in [5, 5.41) is 0. The molecule has 0 saturated heterocycles. The summed E-state index contributed by atoms with van der Waals surface area (Å²) in [4.78, 5) is 11.7. The number of rotatable bonds is 5. The summed E-state index contributed by atoms with van der Waals surface area (Å²) in [5.41, 5.74) is 8.58. The Labute approximate surface area is 196 Å². The van der Waals surface area contributed by atoms with Crippen molar-refractivity contribution in [2.45, 2.75) is 71.3 Å². The number of fused-ring (bicyclic) bond motifs is 2. The molecule has 0 bridgehead atoms. The fourth-order valence-corrected chi connectivity index (χ4v) is 6.14. The van der Waals surface area contributed by atoms with Crippen LogP contribution in [0.5, 0.6) is 11.5 Å². The highest BCUT2D eigenvalue weighted by Crippen LogP contribution is 2.49. The molecule has 4 heteroatoms. The van der Waals surface area contributed by atoms with E-state index < -0.39 is 0 Å². The van der Waals surface area contributed by atoms with E-state index in [1.807, 2.05) is 18.2 Å². The Kier molecular flexibility index (Phi) is 5.72. The molecule has 174 valence electrons. The van der Waals surface area contributed by atoms with Gasteiger partial charge in [0, 0.05) is 17.5 Å². The Balaban J connectivity index is 1.39. The maximum Gasteiger partial charge on any atom is 0.306 e. The first kappa shape index (κ1) is 22.1. The Morgan fingerprint density at radius 3 is 2.79 bits per heavy atom. The van der Waals surface area contributed by atoms with Crippen LogP contribution in [0.25, 0.3) is 5.57 Å². The lowest BCUT2D eigenvalue weighted by molar-refractivity contribution is -0.141. The van der Waals surface area contributed by atoms with Crippen molar-refractivity contribution in [3.8, 4) is 11.5 Å². The van der Waals surface area contributed by atoms with E-state index in [0.717, 1.165) is 29.9 Å². The third-order valence-corrected chi connectivity index (χ3v) is 7.73. The minimum absolute atomic E-state index is 0.0478. The van der Waals surface area contributed by atoms with Crippen molar-refractivity contribution in [1.82, 2.24) is 0 Å². The van der Waals surface area contributed by atoms with E-state index in [1.165, 1.54) is 43.1 Å². The first-order valence-corrected chi connectivity index (χ1v) is 12.2. The van der Waals surface area contributed by atoms with Gasteiger partial charge in [-0.25, -0.2) is 0 Å². The maximum absolute atomic E-state index is 11.7. The van der Waals surface area contributed by atoms with Gasteiger partial charge in [0.05, 0.1) is 20.1 Å². The predicted octanol–water partition coefficient (Wildman–Crippen LogP) is 6.78. The number of ether oxygens (including phenoxy) is 3. The molecular formula is C29H34O4. The number of carbonyl (C=O) groups excluding carboxylic acids is 1.